The van der Waals surface area contributed by atoms with E-state index in [-0.39, 0.29) is 0 Å². The van der Waals surface area contributed by atoms with Crippen molar-refractivity contribution in [3.8, 4) is 39.1 Å². The number of anilines is 6. The van der Waals surface area contributed by atoms with E-state index in [0.717, 1.165) is 63.8 Å². The predicted octanol–water partition coefficient (Wildman–Crippen LogP) is 19.1. The highest BCUT2D eigenvalue weighted by molar-refractivity contribution is 6.10. The van der Waals surface area contributed by atoms with Gasteiger partial charge in [-0.25, -0.2) is 0 Å². The molecular weight excluding hydrogens is 859 g/mol. The van der Waals surface area contributed by atoms with Crippen molar-refractivity contribution in [3.63, 3.8) is 0 Å². The number of benzene rings is 10. The smallest absolute Gasteiger partial charge is 0.0542 e. The molecule has 10 aromatic carbocycles. The van der Waals surface area contributed by atoms with Crippen molar-refractivity contribution in [2.24, 2.45) is 0 Å². The number of fused-ring (bicyclic) bond motifs is 3. The third-order valence-corrected chi connectivity index (χ3v) is 14.1. The van der Waals surface area contributed by atoms with Gasteiger partial charge in [0.15, 0.2) is 0 Å². The lowest BCUT2D eigenvalue weighted by atomic mass is 9.95. The first kappa shape index (κ1) is 43.4. The van der Waals surface area contributed by atoms with Crippen LogP contribution < -0.4 is 9.80 Å². The molecule has 11 aromatic rings. The van der Waals surface area contributed by atoms with Crippen LogP contribution >= 0.6 is 0 Å². The minimum absolute atomic E-state index is 1.06. The third kappa shape index (κ3) is 8.42. The van der Waals surface area contributed by atoms with Gasteiger partial charge in [0, 0.05) is 50.6 Å². The normalized spacial score (nSPS) is 12.3. The van der Waals surface area contributed by atoms with Crippen molar-refractivity contribution in [1.29, 1.82) is 0 Å². The molecule has 0 atom stereocenters. The number of aromatic nitrogens is 1. The van der Waals surface area contributed by atoms with Gasteiger partial charge < -0.3 is 14.4 Å². The molecule has 1 heterocycles. The zero-order valence-corrected chi connectivity index (χ0v) is 40.1. The summed E-state index contributed by atoms with van der Waals surface area (Å²) in [6.07, 6.45) is 9.06. The average Bonchev–Trinajstić information content (AvgIpc) is 3.77. The van der Waals surface area contributed by atoms with Crippen LogP contribution in [-0.2, 0) is 0 Å². The van der Waals surface area contributed by atoms with Crippen LogP contribution in [0.25, 0.3) is 66.4 Å². The summed E-state index contributed by atoms with van der Waals surface area (Å²) in [4.78, 5) is 4.80. The zero-order valence-electron chi connectivity index (χ0n) is 40.1. The summed E-state index contributed by atoms with van der Waals surface area (Å²) in [5.74, 6) is 0. The maximum atomic E-state index is 2.41. The quantitative estimate of drug-likeness (QED) is 0.128. The van der Waals surface area contributed by atoms with Gasteiger partial charge in [0.05, 0.1) is 11.0 Å². The van der Waals surface area contributed by atoms with Crippen LogP contribution in [0.15, 0.2) is 261 Å². The summed E-state index contributed by atoms with van der Waals surface area (Å²) in [5.41, 5.74) is 22.3. The van der Waals surface area contributed by atoms with E-state index in [1.54, 1.807) is 0 Å². The highest BCUT2D eigenvalue weighted by Crippen LogP contribution is 2.43. The SMILES string of the molecule is Cc1ccccc1-c1cc(N(c2ccc(-c3ccc(N(c4cccc(C5=CCCC=C5)c4)c4ccc5c(c4)c4ccccc4n5-c4ccccc4)cc3)cc2)c2cccc(-c3ccccc3)c2)ccc1C. The molecule has 0 amide bonds. The van der Waals surface area contributed by atoms with Gasteiger partial charge in [0.25, 0.3) is 0 Å². The lowest BCUT2D eigenvalue weighted by molar-refractivity contribution is 1.04. The number of hydrogen-bond acceptors (Lipinski definition) is 2. The second-order valence-electron chi connectivity index (χ2n) is 18.6. The Morgan fingerprint density at radius 2 is 0.859 bits per heavy atom. The van der Waals surface area contributed by atoms with E-state index in [2.05, 4.69) is 289 Å². The molecule has 0 aliphatic heterocycles. The Morgan fingerprint density at radius 3 is 1.55 bits per heavy atom. The number of aryl methyl sites for hydroxylation is 2. The number of nitrogens with zero attached hydrogens (tertiary/aromatic N) is 3. The third-order valence-electron chi connectivity index (χ3n) is 14.1. The van der Waals surface area contributed by atoms with E-state index in [9.17, 15) is 0 Å². The molecule has 1 aliphatic carbocycles. The Hall–Kier alpha value is -8.92. The summed E-state index contributed by atoms with van der Waals surface area (Å²) in [6, 6.07) is 88.6. The van der Waals surface area contributed by atoms with Crippen molar-refractivity contribution < 1.29 is 0 Å². The van der Waals surface area contributed by atoms with Gasteiger partial charge in [0.1, 0.15) is 0 Å². The predicted molar refractivity (Wildman–Crippen MR) is 302 cm³/mol. The van der Waals surface area contributed by atoms with E-state index in [4.69, 9.17) is 0 Å². The Labute approximate surface area is 417 Å². The molecule has 3 heteroatoms. The van der Waals surface area contributed by atoms with Crippen molar-refractivity contribution >= 4 is 61.5 Å². The molecule has 1 aliphatic rings. The van der Waals surface area contributed by atoms with Gasteiger partial charge in [-0.1, -0.05) is 164 Å². The Kier molecular flexibility index (Phi) is 11.5. The second-order valence-corrected chi connectivity index (χ2v) is 18.6. The van der Waals surface area contributed by atoms with Crippen LogP contribution in [-0.4, -0.2) is 4.57 Å². The average molecular weight is 912 g/mol. The summed E-state index contributed by atoms with van der Waals surface area (Å²) in [5, 5.41) is 2.45. The number of para-hydroxylation sites is 2. The standard InChI is InChI=1S/C68H53N3/c1-48-18-12-13-29-63(48)65-46-61(37-32-49(65)2)69(59-27-16-23-54(44-59)50-19-6-3-7-20-50)57-38-33-52(34-39-57)53-35-40-58(41-36-53)70(60-28-17-24-55(45-60)51-21-8-4-9-22-51)62-42-43-68-66(47-62)64-30-14-15-31-67(64)71(68)56-25-10-5-11-26-56/h3,5-8,10-47H,4,9H2,1-2H3. The van der Waals surface area contributed by atoms with Gasteiger partial charge in [-0.15, -0.1) is 0 Å². The minimum Gasteiger partial charge on any atom is -0.310 e. The molecule has 0 saturated carbocycles. The Balaban J connectivity index is 0.932. The number of allylic oxidation sites excluding steroid dienone is 4. The fourth-order valence-corrected chi connectivity index (χ4v) is 10.5. The summed E-state index contributed by atoms with van der Waals surface area (Å²) >= 11 is 0. The molecular formula is C68H53N3. The summed E-state index contributed by atoms with van der Waals surface area (Å²) < 4.78 is 2.38. The van der Waals surface area contributed by atoms with Gasteiger partial charge in [0.2, 0.25) is 0 Å². The molecule has 12 rings (SSSR count). The first-order chi connectivity index (χ1) is 35.0. The maximum absolute atomic E-state index is 2.41. The van der Waals surface area contributed by atoms with Gasteiger partial charge in [-0.2, -0.15) is 0 Å². The Morgan fingerprint density at radius 1 is 0.338 bits per heavy atom. The maximum Gasteiger partial charge on any atom is 0.0542 e. The highest BCUT2D eigenvalue weighted by atomic mass is 15.1. The fraction of sp³-hybridized carbons (Fsp3) is 0.0588. The van der Waals surface area contributed by atoms with Crippen LogP contribution in [0.1, 0.15) is 29.5 Å². The first-order valence-electron chi connectivity index (χ1n) is 24.7. The molecule has 340 valence electrons. The van der Waals surface area contributed by atoms with E-state index in [1.807, 2.05) is 0 Å². The van der Waals surface area contributed by atoms with Crippen molar-refractivity contribution in [3.05, 3.63) is 278 Å². The molecule has 0 bridgehead atoms. The molecule has 0 radical (unpaired) electrons. The number of rotatable bonds is 11. The highest BCUT2D eigenvalue weighted by Gasteiger charge is 2.20. The van der Waals surface area contributed by atoms with Crippen molar-refractivity contribution in [1.82, 2.24) is 4.57 Å². The summed E-state index contributed by atoms with van der Waals surface area (Å²) in [6.45, 7) is 4.40. The minimum atomic E-state index is 1.06. The zero-order chi connectivity index (χ0) is 47.7. The molecule has 0 unspecified atom stereocenters. The number of hydrogen-bond donors (Lipinski definition) is 0. The van der Waals surface area contributed by atoms with Crippen LogP contribution in [0.3, 0.4) is 0 Å². The van der Waals surface area contributed by atoms with Crippen LogP contribution in [0.5, 0.6) is 0 Å². The monoisotopic (exact) mass is 911 g/mol. The molecule has 0 N–H and O–H groups in total. The van der Waals surface area contributed by atoms with Crippen molar-refractivity contribution in [2.75, 3.05) is 9.80 Å². The largest absolute Gasteiger partial charge is 0.310 e. The van der Waals surface area contributed by atoms with Gasteiger partial charge >= 0.3 is 0 Å². The molecule has 0 saturated heterocycles. The van der Waals surface area contributed by atoms with Gasteiger partial charge in [-0.3, -0.25) is 0 Å². The van der Waals surface area contributed by atoms with Crippen LogP contribution in [0.4, 0.5) is 34.1 Å². The topological polar surface area (TPSA) is 11.4 Å². The van der Waals surface area contributed by atoms with E-state index in [1.165, 1.54) is 66.3 Å². The first-order valence-corrected chi connectivity index (χ1v) is 24.7. The fourth-order valence-electron chi connectivity index (χ4n) is 10.5. The van der Waals surface area contributed by atoms with Crippen LogP contribution in [0, 0.1) is 13.8 Å². The molecule has 71 heavy (non-hydrogen) atoms. The lowest BCUT2D eigenvalue weighted by Crippen LogP contribution is -2.10. The van der Waals surface area contributed by atoms with E-state index >= 15 is 0 Å². The lowest BCUT2D eigenvalue weighted by Gasteiger charge is -2.27. The Bertz CT molecular complexity index is 3770. The summed E-state index contributed by atoms with van der Waals surface area (Å²) in [7, 11) is 0. The molecule has 3 nitrogen and oxygen atoms in total. The molecule has 0 spiro atoms. The van der Waals surface area contributed by atoms with Crippen LogP contribution in [0.2, 0.25) is 0 Å². The second kappa shape index (κ2) is 18.9. The van der Waals surface area contributed by atoms with E-state index < -0.39 is 0 Å². The molecule has 0 fully saturated rings. The van der Waals surface area contributed by atoms with E-state index in [0.29, 0.717) is 0 Å². The molecule has 1 aromatic heterocycles. The van der Waals surface area contributed by atoms with Crippen molar-refractivity contribution in [2.45, 2.75) is 26.7 Å². The van der Waals surface area contributed by atoms with Gasteiger partial charge in [-0.05, 0) is 179 Å².